The zero-order valence-corrected chi connectivity index (χ0v) is 23.6. The Labute approximate surface area is 233 Å². The second-order valence-electron chi connectivity index (χ2n) is 10.1. The van der Waals surface area contributed by atoms with E-state index in [0.717, 1.165) is 6.08 Å². The van der Waals surface area contributed by atoms with Crippen molar-refractivity contribution < 1.29 is 43.3 Å². The van der Waals surface area contributed by atoms with Crippen LogP contribution in [0.1, 0.15) is 40.5 Å². The minimum Gasteiger partial charge on any atom is -0.492 e. The first-order chi connectivity index (χ1) is 18.8. The van der Waals surface area contributed by atoms with Gasteiger partial charge in [-0.15, -0.1) is 0 Å². The smallest absolute Gasteiger partial charge is 0.405 e. The van der Waals surface area contributed by atoms with Crippen molar-refractivity contribution in [3.05, 3.63) is 58.6 Å². The van der Waals surface area contributed by atoms with Crippen molar-refractivity contribution in [2.24, 2.45) is 23.5 Å². The molecule has 0 aromatic rings. The fourth-order valence-electron chi connectivity index (χ4n) is 4.77. The van der Waals surface area contributed by atoms with Gasteiger partial charge in [0.25, 0.3) is 5.91 Å². The summed E-state index contributed by atoms with van der Waals surface area (Å²) in [6, 6.07) is 0. The van der Waals surface area contributed by atoms with Gasteiger partial charge in [-0.25, -0.2) is 4.79 Å². The van der Waals surface area contributed by atoms with Crippen LogP contribution in [0.2, 0.25) is 0 Å². The number of fused-ring (bicyclic) bond motifs is 2. The molecule has 1 aliphatic carbocycles. The highest BCUT2D eigenvalue weighted by Gasteiger charge is 2.34. The van der Waals surface area contributed by atoms with Crippen LogP contribution in [0.15, 0.2) is 58.6 Å². The molecule has 2 rings (SSSR count). The van der Waals surface area contributed by atoms with Gasteiger partial charge < -0.3 is 35.2 Å². The number of primary amides is 1. The van der Waals surface area contributed by atoms with Gasteiger partial charge in [-0.05, 0) is 38.2 Å². The highest BCUT2D eigenvalue weighted by Crippen LogP contribution is 2.29. The number of carbonyl (C=O) groups is 5. The third kappa shape index (κ3) is 8.09. The summed E-state index contributed by atoms with van der Waals surface area (Å²) in [5.74, 6) is -3.55. The number of nitrogens with one attached hydrogen (secondary N) is 1. The maximum absolute atomic E-state index is 13.3. The van der Waals surface area contributed by atoms with Crippen LogP contribution in [-0.2, 0) is 33.4 Å². The van der Waals surface area contributed by atoms with E-state index in [1.807, 2.05) is 6.92 Å². The molecule has 1 aliphatic heterocycles. The molecule has 0 unspecified atom stereocenters. The van der Waals surface area contributed by atoms with Gasteiger partial charge in [0.2, 0.25) is 11.6 Å². The third-order valence-corrected chi connectivity index (χ3v) is 6.92. The molecular formula is C29H38N2O9. The normalized spacial score (nSPS) is 32.6. The fourth-order valence-corrected chi connectivity index (χ4v) is 4.77. The van der Waals surface area contributed by atoms with E-state index in [-0.39, 0.29) is 34.9 Å². The fraction of sp³-hybridized carbons (Fsp3) is 0.483. The standard InChI is InChI=1S/C29H38N2O9/c1-15-10-20-25(35)21(13-22(33)27(20)39-6)31-28(36)16(2)8-7-9-19(14-32)26(40-29(30)37)18(4)12-17(3)24(34)23(11-15)38-5/h7-9,12-15,17,19,23-24,26,34H,10-11H2,1-6H3,(H2,30,37)(H,31,36)/b9-7-,16-8+,18-12+/t15-,17+,19-,23+,24-,26+/m1/s1. The number of rotatable bonds is 4. The van der Waals surface area contributed by atoms with E-state index < -0.39 is 53.7 Å². The maximum Gasteiger partial charge on any atom is 0.405 e. The number of ketones is 2. The Morgan fingerprint density at radius 1 is 1.18 bits per heavy atom. The molecule has 2 aliphatic rings. The van der Waals surface area contributed by atoms with E-state index >= 15 is 0 Å². The largest absolute Gasteiger partial charge is 0.492 e. The van der Waals surface area contributed by atoms with Crippen LogP contribution in [-0.4, -0.2) is 67.5 Å². The Morgan fingerprint density at radius 3 is 2.42 bits per heavy atom. The molecule has 4 N–H and O–H groups in total. The van der Waals surface area contributed by atoms with Crippen LogP contribution in [0.3, 0.4) is 0 Å². The zero-order chi connectivity index (χ0) is 30.1. The van der Waals surface area contributed by atoms with Gasteiger partial charge in [0.05, 0.1) is 30.9 Å². The summed E-state index contributed by atoms with van der Waals surface area (Å²) in [5.41, 5.74) is 5.84. The van der Waals surface area contributed by atoms with Crippen molar-refractivity contribution >= 4 is 29.9 Å². The lowest BCUT2D eigenvalue weighted by Gasteiger charge is -2.29. The number of hydrogen-bond donors (Lipinski definition) is 3. The number of ether oxygens (including phenoxy) is 3. The van der Waals surface area contributed by atoms with Crippen molar-refractivity contribution in [3.63, 3.8) is 0 Å². The summed E-state index contributed by atoms with van der Waals surface area (Å²) < 4.78 is 16.0. The van der Waals surface area contributed by atoms with Gasteiger partial charge in [0.15, 0.2) is 5.76 Å². The molecule has 0 saturated carbocycles. The number of hydrogen-bond acceptors (Lipinski definition) is 9. The topological polar surface area (TPSA) is 171 Å². The highest BCUT2D eigenvalue weighted by molar-refractivity contribution is 6.23. The van der Waals surface area contributed by atoms with Crippen molar-refractivity contribution in [1.29, 1.82) is 0 Å². The lowest BCUT2D eigenvalue weighted by Crippen LogP contribution is -2.36. The predicted octanol–water partition coefficient (Wildman–Crippen LogP) is 2.21. The molecule has 0 spiro atoms. The number of carbonyl (C=O) groups excluding carboxylic acids is 5. The monoisotopic (exact) mass is 558 g/mol. The van der Waals surface area contributed by atoms with Gasteiger partial charge in [-0.2, -0.15) is 0 Å². The summed E-state index contributed by atoms with van der Waals surface area (Å²) >= 11 is 0. The zero-order valence-electron chi connectivity index (χ0n) is 23.6. The first-order valence-electron chi connectivity index (χ1n) is 12.9. The van der Waals surface area contributed by atoms with Gasteiger partial charge in [-0.3, -0.25) is 14.4 Å². The Morgan fingerprint density at radius 2 is 1.85 bits per heavy atom. The molecule has 11 heteroatoms. The minimum absolute atomic E-state index is 0.0993. The van der Waals surface area contributed by atoms with Crippen molar-refractivity contribution in [2.45, 2.75) is 58.8 Å². The third-order valence-electron chi connectivity index (χ3n) is 6.92. The molecule has 0 fully saturated rings. The number of allylic oxidation sites excluding steroid dienone is 4. The summed E-state index contributed by atoms with van der Waals surface area (Å²) in [7, 11) is 2.75. The number of aliphatic hydroxyl groups is 1. The Kier molecular flexibility index (Phi) is 11.8. The van der Waals surface area contributed by atoms with Crippen LogP contribution in [0.4, 0.5) is 4.79 Å². The van der Waals surface area contributed by atoms with Gasteiger partial charge >= 0.3 is 6.09 Å². The second-order valence-corrected chi connectivity index (χ2v) is 10.1. The lowest BCUT2D eigenvalue weighted by atomic mass is 9.85. The van der Waals surface area contributed by atoms with E-state index in [9.17, 15) is 29.1 Å². The molecule has 1 heterocycles. The molecule has 0 radical (unpaired) electrons. The molecule has 2 bridgehead atoms. The van der Waals surface area contributed by atoms with Crippen LogP contribution < -0.4 is 11.1 Å². The molecule has 2 amide bonds. The number of nitrogens with two attached hydrogens (primary N) is 1. The quantitative estimate of drug-likeness (QED) is 0.266. The van der Waals surface area contributed by atoms with Crippen molar-refractivity contribution in [1.82, 2.24) is 5.32 Å². The van der Waals surface area contributed by atoms with E-state index in [0.29, 0.717) is 18.3 Å². The Hall–Kier alpha value is -3.83. The lowest BCUT2D eigenvalue weighted by molar-refractivity contribution is -0.120. The number of amides is 2. The molecule has 0 saturated heterocycles. The van der Waals surface area contributed by atoms with E-state index in [2.05, 4.69) is 5.32 Å². The summed E-state index contributed by atoms with van der Waals surface area (Å²) in [6.45, 7) is 6.73. The highest BCUT2D eigenvalue weighted by atomic mass is 16.6. The van der Waals surface area contributed by atoms with Crippen LogP contribution in [0.5, 0.6) is 0 Å². The number of aldehydes is 1. The molecular weight excluding hydrogens is 520 g/mol. The predicted molar refractivity (Wildman–Crippen MR) is 145 cm³/mol. The molecule has 11 nitrogen and oxygen atoms in total. The number of aliphatic hydroxyl groups excluding tert-OH is 1. The maximum atomic E-state index is 13.3. The average molecular weight is 559 g/mol. The van der Waals surface area contributed by atoms with Crippen LogP contribution >= 0.6 is 0 Å². The first-order valence-corrected chi connectivity index (χ1v) is 12.9. The SMILES string of the molecule is COC1=C2C[C@@H](C)C[C@H](OC)[C@H](O)[C@@H](C)/C=C(\C)[C@H](OC(N)=O)[C@@H](C=O)/C=C\C=C(/C)C(=O)NC(=CC1=O)C2=O. The number of methoxy groups -OCH3 is 2. The molecule has 218 valence electrons. The molecule has 0 aromatic carbocycles. The summed E-state index contributed by atoms with van der Waals surface area (Å²) in [6.07, 6.45) is 4.17. The summed E-state index contributed by atoms with van der Waals surface area (Å²) in [4.78, 5) is 62.4. The van der Waals surface area contributed by atoms with E-state index in [1.165, 1.54) is 39.4 Å². The number of Topliss-reactive ketones (excluding diaryl/α,β-unsaturated/α-hetero) is 1. The molecule has 6 atom stereocenters. The summed E-state index contributed by atoms with van der Waals surface area (Å²) in [5, 5.41) is 13.6. The second kappa shape index (κ2) is 14.5. The van der Waals surface area contributed by atoms with Gasteiger partial charge in [0, 0.05) is 30.2 Å². The first kappa shape index (κ1) is 32.4. The van der Waals surface area contributed by atoms with Gasteiger partial charge in [-0.1, -0.05) is 38.2 Å². The minimum atomic E-state index is -1.08. The molecule has 40 heavy (non-hydrogen) atoms. The van der Waals surface area contributed by atoms with Crippen molar-refractivity contribution in [2.75, 3.05) is 14.2 Å². The average Bonchev–Trinajstić information content (AvgIpc) is 2.90. The van der Waals surface area contributed by atoms with E-state index in [1.54, 1.807) is 19.9 Å². The van der Waals surface area contributed by atoms with Crippen LogP contribution in [0.25, 0.3) is 0 Å². The van der Waals surface area contributed by atoms with Crippen LogP contribution in [0, 0.1) is 17.8 Å². The Balaban J connectivity index is 2.61. The Bertz CT molecular complexity index is 1180. The molecule has 0 aromatic heterocycles. The van der Waals surface area contributed by atoms with E-state index in [4.69, 9.17) is 19.9 Å². The van der Waals surface area contributed by atoms with Gasteiger partial charge in [0.1, 0.15) is 12.4 Å². The van der Waals surface area contributed by atoms with Crippen molar-refractivity contribution in [3.8, 4) is 0 Å².